The molecule has 0 saturated heterocycles. The highest BCUT2D eigenvalue weighted by Crippen LogP contribution is 2.26. The first-order chi connectivity index (χ1) is 15.5. The number of hydrogen-bond donors (Lipinski definition) is 3. The third-order valence-corrected chi connectivity index (χ3v) is 5.53. The standard InChI is InChI=1S/C24H23N3O4S/c1-16(22(28)27-21-11-7-6-10-20(21)23(29)31-2)32-19-14-12-18(13-15-19)26-24(30)25-17-8-4-3-5-9-17/h3-16H,1-2H3,(H,27,28)(H2,25,26,30). The number of para-hydroxylation sites is 2. The molecule has 8 heteroatoms. The number of hydrogen-bond acceptors (Lipinski definition) is 5. The van der Waals surface area contributed by atoms with Crippen molar-refractivity contribution < 1.29 is 19.1 Å². The summed E-state index contributed by atoms with van der Waals surface area (Å²) in [6.45, 7) is 1.78. The molecule has 3 aromatic rings. The van der Waals surface area contributed by atoms with E-state index in [0.29, 0.717) is 22.6 Å². The first-order valence-corrected chi connectivity index (χ1v) is 10.7. The number of carbonyl (C=O) groups is 3. The highest BCUT2D eigenvalue weighted by molar-refractivity contribution is 8.00. The van der Waals surface area contributed by atoms with Crippen LogP contribution in [-0.4, -0.2) is 30.3 Å². The number of thioether (sulfide) groups is 1. The lowest BCUT2D eigenvalue weighted by Gasteiger charge is -2.14. The molecule has 0 saturated carbocycles. The molecule has 3 rings (SSSR count). The van der Waals surface area contributed by atoms with Gasteiger partial charge in [-0.15, -0.1) is 11.8 Å². The van der Waals surface area contributed by atoms with Crippen molar-refractivity contribution >= 4 is 46.7 Å². The summed E-state index contributed by atoms with van der Waals surface area (Å²) < 4.78 is 4.76. The minimum absolute atomic E-state index is 0.240. The van der Waals surface area contributed by atoms with Crippen molar-refractivity contribution in [2.45, 2.75) is 17.1 Å². The fraction of sp³-hybridized carbons (Fsp3) is 0.125. The number of benzene rings is 3. The Morgan fingerprint density at radius 3 is 2.03 bits per heavy atom. The summed E-state index contributed by atoms with van der Waals surface area (Å²) >= 11 is 1.36. The SMILES string of the molecule is COC(=O)c1ccccc1NC(=O)C(C)Sc1ccc(NC(=O)Nc2ccccc2)cc1. The fourth-order valence-corrected chi connectivity index (χ4v) is 3.67. The van der Waals surface area contributed by atoms with Gasteiger partial charge in [0.15, 0.2) is 0 Å². The molecule has 0 aliphatic rings. The predicted molar refractivity (Wildman–Crippen MR) is 127 cm³/mol. The monoisotopic (exact) mass is 449 g/mol. The average Bonchev–Trinajstić information content (AvgIpc) is 2.80. The van der Waals surface area contributed by atoms with E-state index in [-0.39, 0.29) is 11.9 Å². The summed E-state index contributed by atoms with van der Waals surface area (Å²) in [6, 6.07) is 22.7. The van der Waals surface area contributed by atoms with Gasteiger partial charge in [0.25, 0.3) is 0 Å². The quantitative estimate of drug-likeness (QED) is 0.339. The Hall–Kier alpha value is -3.78. The van der Waals surface area contributed by atoms with Gasteiger partial charge in [0, 0.05) is 16.3 Å². The molecule has 0 aromatic heterocycles. The van der Waals surface area contributed by atoms with Crippen molar-refractivity contribution in [3.8, 4) is 0 Å². The van der Waals surface area contributed by atoms with E-state index in [2.05, 4.69) is 16.0 Å². The molecule has 32 heavy (non-hydrogen) atoms. The smallest absolute Gasteiger partial charge is 0.339 e. The van der Waals surface area contributed by atoms with Crippen LogP contribution in [0.3, 0.4) is 0 Å². The number of nitrogens with one attached hydrogen (secondary N) is 3. The zero-order valence-electron chi connectivity index (χ0n) is 17.6. The molecule has 0 spiro atoms. The van der Waals surface area contributed by atoms with Gasteiger partial charge in [-0.3, -0.25) is 4.79 Å². The number of amides is 3. The van der Waals surface area contributed by atoms with Gasteiger partial charge in [-0.25, -0.2) is 9.59 Å². The van der Waals surface area contributed by atoms with Crippen LogP contribution in [0.15, 0.2) is 83.8 Å². The lowest BCUT2D eigenvalue weighted by molar-refractivity contribution is -0.115. The largest absolute Gasteiger partial charge is 0.465 e. The highest BCUT2D eigenvalue weighted by atomic mass is 32.2. The molecule has 3 N–H and O–H groups in total. The summed E-state index contributed by atoms with van der Waals surface area (Å²) in [5, 5.41) is 7.88. The van der Waals surface area contributed by atoms with Crippen molar-refractivity contribution in [3.63, 3.8) is 0 Å². The van der Waals surface area contributed by atoms with E-state index in [1.807, 2.05) is 30.3 Å². The molecule has 0 aliphatic carbocycles. The van der Waals surface area contributed by atoms with Crippen molar-refractivity contribution in [3.05, 3.63) is 84.4 Å². The predicted octanol–water partition coefficient (Wildman–Crippen LogP) is 5.24. The van der Waals surface area contributed by atoms with Gasteiger partial charge in [0.1, 0.15) is 0 Å². The number of methoxy groups -OCH3 is 1. The van der Waals surface area contributed by atoms with Gasteiger partial charge < -0.3 is 20.7 Å². The summed E-state index contributed by atoms with van der Waals surface area (Å²) in [5.74, 6) is -0.753. The van der Waals surface area contributed by atoms with Crippen molar-refractivity contribution in [2.24, 2.45) is 0 Å². The molecule has 3 aromatic carbocycles. The van der Waals surface area contributed by atoms with Gasteiger partial charge in [-0.2, -0.15) is 0 Å². The van der Waals surface area contributed by atoms with E-state index in [4.69, 9.17) is 4.74 Å². The molecule has 0 radical (unpaired) electrons. The van der Waals surface area contributed by atoms with E-state index in [9.17, 15) is 14.4 Å². The van der Waals surface area contributed by atoms with Crippen LogP contribution in [0.2, 0.25) is 0 Å². The van der Waals surface area contributed by atoms with Crippen LogP contribution in [0.1, 0.15) is 17.3 Å². The Morgan fingerprint density at radius 2 is 1.38 bits per heavy atom. The minimum atomic E-state index is -0.513. The van der Waals surface area contributed by atoms with E-state index in [1.54, 1.807) is 55.5 Å². The third kappa shape index (κ3) is 6.36. The molecule has 7 nitrogen and oxygen atoms in total. The van der Waals surface area contributed by atoms with Crippen molar-refractivity contribution in [2.75, 3.05) is 23.1 Å². The van der Waals surface area contributed by atoms with Crippen LogP contribution in [0.5, 0.6) is 0 Å². The first kappa shape index (κ1) is 22.9. The van der Waals surface area contributed by atoms with E-state index >= 15 is 0 Å². The van der Waals surface area contributed by atoms with Crippen LogP contribution in [-0.2, 0) is 9.53 Å². The highest BCUT2D eigenvalue weighted by Gasteiger charge is 2.18. The van der Waals surface area contributed by atoms with Crippen LogP contribution < -0.4 is 16.0 Å². The third-order valence-electron chi connectivity index (χ3n) is 4.42. The number of urea groups is 1. The number of carbonyl (C=O) groups excluding carboxylic acids is 3. The van der Waals surface area contributed by atoms with Crippen LogP contribution >= 0.6 is 11.8 Å². The van der Waals surface area contributed by atoms with Gasteiger partial charge in [-0.1, -0.05) is 30.3 Å². The number of esters is 1. The lowest BCUT2D eigenvalue weighted by atomic mass is 10.2. The number of rotatable bonds is 7. The Bertz CT molecular complexity index is 1090. The molecule has 0 bridgehead atoms. The molecular weight excluding hydrogens is 426 g/mol. The van der Waals surface area contributed by atoms with Gasteiger partial charge >= 0.3 is 12.0 Å². The van der Waals surface area contributed by atoms with Crippen LogP contribution in [0.25, 0.3) is 0 Å². The zero-order valence-corrected chi connectivity index (χ0v) is 18.4. The second-order valence-corrected chi connectivity index (χ2v) is 8.17. The Labute approximate surface area is 190 Å². The molecule has 0 heterocycles. The molecule has 1 atom stereocenters. The summed E-state index contributed by atoms with van der Waals surface area (Å²) in [6.07, 6.45) is 0. The maximum absolute atomic E-state index is 12.6. The van der Waals surface area contributed by atoms with Gasteiger partial charge in [0.2, 0.25) is 5.91 Å². The molecule has 1 unspecified atom stereocenters. The molecule has 0 fully saturated rings. The van der Waals surface area contributed by atoms with Gasteiger partial charge in [-0.05, 0) is 55.5 Å². The van der Waals surface area contributed by atoms with Crippen LogP contribution in [0.4, 0.5) is 21.9 Å². The number of ether oxygens (including phenoxy) is 1. The minimum Gasteiger partial charge on any atom is -0.465 e. The topological polar surface area (TPSA) is 96.5 Å². The maximum atomic E-state index is 12.6. The molecular formula is C24H23N3O4S. The average molecular weight is 450 g/mol. The second-order valence-electron chi connectivity index (χ2n) is 6.76. The van der Waals surface area contributed by atoms with Crippen molar-refractivity contribution in [1.29, 1.82) is 0 Å². The Kier molecular flexibility index (Phi) is 7.88. The Balaban J connectivity index is 1.55. The summed E-state index contributed by atoms with van der Waals surface area (Å²) in [4.78, 5) is 37.4. The van der Waals surface area contributed by atoms with Crippen molar-refractivity contribution in [1.82, 2.24) is 0 Å². The zero-order chi connectivity index (χ0) is 22.9. The normalized spacial score (nSPS) is 11.2. The Morgan fingerprint density at radius 1 is 0.781 bits per heavy atom. The molecule has 3 amide bonds. The van der Waals surface area contributed by atoms with Crippen LogP contribution in [0, 0.1) is 0 Å². The molecule has 164 valence electrons. The first-order valence-electron chi connectivity index (χ1n) is 9.84. The maximum Gasteiger partial charge on any atom is 0.339 e. The van der Waals surface area contributed by atoms with E-state index in [0.717, 1.165) is 4.90 Å². The summed E-state index contributed by atoms with van der Waals surface area (Å²) in [7, 11) is 1.29. The second kappa shape index (κ2) is 11.0. The number of anilines is 3. The lowest BCUT2D eigenvalue weighted by Crippen LogP contribution is -2.23. The molecule has 0 aliphatic heterocycles. The fourth-order valence-electron chi connectivity index (χ4n) is 2.80. The van der Waals surface area contributed by atoms with Gasteiger partial charge in [0.05, 0.1) is 23.6 Å². The summed E-state index contributed by atoms with van der Waals surface area (Å²) in [5.41, 5.74) is 2.03. The van der Waals surface area contributed by atoms with E-state index < -0.39 is 11.2 Å². The van der Waals surface area contributed by atoms with E-state index in [1.165, 1.54) is 18.9 Å².